The van der Waals surface area contributed by atoms with E-state index in [0.717, 1.165) is 0 Å². The molecule has 4 N–H and O–H groups in total. The minimum Gasteiger partial charge on any atom is -0.399 e. The number of halogens is 1. The Labute approximate surface area is 96.6 Å². The fourth-order valence-electron chi connectivity index (χ4n) is 1.22. The van der Waals surface area contributed by atoms with Gasteiger partial charge in [-0.05, 0) is 18.2 Å². The average Bonchev–Trinajstić information content (AvgIpc) is 2.70. The Hall–Kier alpha value is -2.01. The van der Waals surface area contributed by atoms with Crippen LogP contribution in [0.1, 0.15) is 10.4 Å². The molecule has 2 rings (SSSR count). The van der Waals surface area contributed by atoms with E-state index in [-0.39, 0.29) is 5.91 Å². The highest BCUT2D eigenvalue weighted by Crippen LogP contribution is 2.19. The first kappa shape index (κ1) is 10.5. The summed E-state index contributed by atoms with van der Waals surface area (Å²) in [5.74, 6) is 0.0397. The summed E-state index contributed by atoms with van der Waals surface area (Å²) in [4.78, 5) is 18.4. The van der Waals surface area contributed by atoms with Gasteiger partial charge in [-0.3, -0.25) is 10.1 Å². The van der Waals surface area contributed by atoms with Gasteiger partial charge in [-0.1, -0.05) is 11.6 Å². The summed E-state index contributed by atoms with van der Waals surface area (Å²) >= 11 is 5.89. The number of benzene rings is 1. The molecule has 16 heavy (non-hydrogen) atoms. The molecule has 0 radical (unpaired) electrons. The van der Waals surface area contributed by atoms with Crippen molar-refractivity contribution >= 4 is 29.1 Å². The number of nitrogens with two attached hydrogens (primary N) is 1. The van der Waals surface area contributed by atoms with Gasteiger partial charge in [0.05, 0.1) is 10.6 Å². The van der Waals surface area contributed by atoms with Crippen molar-refractivity contribution < 1.29 is 4.79 Å². The summed E-state index contributed by atoms with van der Waals surface area (Å²) in [5, 5.41) is 2.88. The smallest absolute Gasteiger partial charge is 0.259 e. The molecular weight excluding hydrogens is 228 g/mol. The minimum absolute atomic E-state index is 0.309. The van der Waals surface area contributed by atoms with E-state index in [1.807, 2.05) is 0 Å². The van der Waals surface area contributed by atoms with Gasteiger partial charge in [0.15, 0.2) is 0 Å². The molecule has 6 heteroatoms. The fourth-order valence-corrected chi connectivity index (χ4v) is 1.50. The van der Waals surface area contributed by atoms with E-state index in [1.165, 1.54) is 6.07 Å². The molecule has 0 aliphatic rings. The van der Waals surface area contributed by atoms with Gasteiger partial charge in [-0.25, -0.2) is 4.98 Å². The number of aromatic nitrogens is 2. The van der Waals surface area contributed by atoms with E-state index in [9.17, 15) is 4.79 Å². The summed E-state index contributed by atoms with van der Waals surface area (Å²) < 4.78 is 0. The summed E-state index contributed by atoms with van der Waals surface area (Å²) in [6, 6.07) is 4.71. The quantitative estimate of drug-likeness (QED) is 0.697. The Balaban J connectivity index is 2.21. The van der Waals surface area contributed by atoms with Crippen LogP contribution in [0.25, 0.3) is 0 Å². The zero-order chi connectivity index (χ0) is 11.5. The fraction of sp³-hybridized carbons (Fsp3) is 0. The zero-order valence-electron chi connectivity index (χ0n) is 8.20. The largest absolute Gasteiger partial charge is 0.399 e. The molecule has 0 spiro atoms. The molecule has 0 unspecified atom stereocenters. The summed E-state index contributed by atoms with van der Waals surface area (Å²) in [7, 11) is 0. The van der Waals surface area contributed by atoms with Crippen LogP contribution in [-0.2, 0) is 0 Å². The number of rotatable bonds is 2. The number of hydrogen-bond donors (Lipinski definition) is 3. The molecule has 0 atom stereocenters. The van der Waals surface area contributed by atoms with Gasteiger partial charge >= 0.3 is 0 Å². The second-order valence-corrected chi connectivity index (χ2v) is 3.54. The van der Waals surface area contributed by atoms with Crippen molar-refractivity contribution in [3.8, 4) is 0 Å². The lowest BCUT2D eigenvalue weighted by Gasteiger charge is -2.04. The van der Waals surface area contributed by atoms with Crippen LogP contribution in [0.4, 0.5) is 11.6 Å². The number of anilines is 2. The van der Waals surface area contributed by atoms with Crippen molar-refractivity contribution in [1.29, 1.82) is 0 Å². The summed E-state index contributed by atoms with van der Waals surface area (Å²) in [6.45, 7) is 0. The lowest BCUT2D eigenvalue weighted by atomic mass is 10.2. The second-order valence-electron chi connectivity index (χ2n) is 3.13. The van der Waals surface area contributed by atoms with Crippen molar-refractivity contribution in [3.63, 3.8) is 0 Å². The van der Waals surface area contributed by atoms with E-state index in [1.54, 1.807) is 24.5 Å². The highest BCUT2D eigenvalue weighted by Gasteiger charge is 2.11. The highest BCUT2D eigenvalue weighted by molar-refractivity contribution is 6.34. The number of nitrogens with zero attached hydrogens (tertiary/aromatic N) is 1. The van der Waals surface area contributed by atoms with Gasteiger partial charge < -0.3 is 10.7 Å². The van der Waals surface area contributed by atoms with E-state index >= 15 is 0 Å². The number of hydrogen-bond acceptors (Lipinski definition) is 3. The van der Waals surface area contributed by atoms with Crippen LogP contribution in [0.3, 0.4) is 0 Å². The maximum absolute atomic E-state index is 11.7. The zero-order valence-corrected chi connectivity index (χ0v) is 8.95. The molecule has 0 aliphatic carbocycles. The number of carbonyl (C=O) groups excluding carboxylic acids is 1. The second kappa shape index (κ2) is 4.24. The summed E-state index contributed by atoms with van der Waals surface area (Å²) in [6.07, 6.45) is 3.15. The van der Waals surface area contributed by atoms with Gasteiger partial charge in [0.1, 0.15) is 0 Å². The monoisotopic (exact) mass is 236 g/mol. The van der Waals surface area contributed by atoms with Crippen LogP contribution in [0.5, 0.6) is 0 Å². The Bertz CT molecular complexity index is 510. The van der Waals surface area contributed by atoms with Crippen LogP contribution in [0.2, 0.25) is 5.02 Å². The summed E-state index contributed by atoms with van der Waals surface area (Å²) in [5.41, 5.74) is 6.40. The van der Waals surface area contributed by atoms with Gasteiger partial charge in [-0.15, -0.1) is 0 Å². The van der Waals surface area contributed by atoms with Gasteiger partial charge in [-0.2, -0.15) is 0 Å². The minimum atomic E-state index is -0.333. The van der Waals surface area contributed by atoms with E-state index in [0.29, 0.717) is 22.2 Å². The molecule has 82 valence electrons. The van der Waals surface area contributed by atoms with Crippen molar-refractivity contribution in [1.82, 2.24) is 9.97 Å². The van der Waals surface area contributed by atoms with Gasteiger partial charge in [0, 0.05) is 18.1 Å². The number of carbonyl (C=O) groups is 1. The Kier molecular flexibility index (Phi) is 2.78. The first-order chi connectivity index (χ1) is 7.66. The van der Waals surface area contributed by atoms with E-state index in [4.69, 9.17) is 17.3 Å². The van der Waals surface area contributed by atoms with Crippen LogP contribution in [0.15, 0.2) is 30.6 Å². The maximum Gasteiger partial charge on any atom is 0.259 e. The van der Waals surface area contributed by atoms with Crippen molar-refractivity contribution in [2.75, 3.05) is 11.1 Å². The lowest BCUT2D eigenvalue weighted by Crippen LogP contribution is -2.13. The van der Waals surface area contributed by atoms with Crippen molar-refractivity contribution in [3.05, 3.63) is 41.2 Å². The van der Waals surface area contributed by atoms with Crippen molar-refractivity contribution in [2.45, 2.75) is 0 Å². The Morgan fingerprint density at radius 2 is 2.31 bits per heavy atom. The van der Waals surface area contributed by atoms with Gasteiger partial charge in [0.2, 0.25) is 5.95 Å². The number of nitrogens with one attached hydrogen (secondary N) is 2. The molecule has 1 aromatic heterocycles. The number of H-pyrrole nitrogens is 1. The van der Waals surface area contributed by atoms with Crippen LogP contribution >= 0.6 is 11.6 Å². The third-order valence-electron chi connectivity index (χ3n) is 1.97. The molecule has 1 amide bonds. The first-order valence-electron chi connectivity index (χ1n) is 4.52. The third-order valence-corrected chi connectivity index (χ3v) is 2.28. The first-order valence-corrected chi connectivity index (χ1v) is 4.90. The predicted octanol–water partition coefficient (Wildman–Crippen LogP) is 1.90. The topological polar surface area (TPSA) is 83.8 Å². The van der Waals surface area contributed by atoms with E-state index in [2.05, 4.69) is 15.3 Å². The van der Waals surface area contributed by atoms with Crippen molar-refractivity contribution in [2.24, 2.45) is 0 Å². The average molecular weight is 237 g/mol. The standard InChI is InChI=1S/C10H9ClN4O/c11-8-5-6(12)1-2-7(8)9(16)15-10-13-3-4-14-10/h1-5H,12H2,(H2,13,14,15,16). The molecule has 0 aliphatic heterocycles. The number of nitrogen functional groups attached to an aromatic ring is 1. The lowest BCUT2D eigenvalue weighted by molar-refractivity contribution is 0.102. The van der Waals surface area contributed by atoms with Crippen LogP contribution in [0, 0.1) is 0 Å². The normalized spacial score (nSPS) is 10.1. The highest BCUT2D eigenvalue weighted by atomic mass is 35.5. The predicted molar refractivity (Wildman–Crippen MR) is 62.4 cm³/mol. The molecule has 0 saturated heterocycles. The van der Waals surface area contributed by atoms with Crippen LogP contribution < -0.4 is 11.1 Å². The molecule has 0 fully saturated rings. The number of imidazole rings is 1. The molecule has 5 nitrogen and oxygen atoms in total. The van der Waals surface area contributed by atoms with E-state index < -0.39 is 0 Å². The SMILES string of the molecule is Nc1ccc(C(=O)Nc2ncc[nH]2)c(Cl)c1. The molecule has 2 aromatic rings. The Morgan fingerprint density at radius 1 is 1.50 bits per heavy atom. The van der Waals surface area contributed by atoms with Crippen LogP contribution in [-0.4, -0.2) is 15.9 Å². The molecule has 1 heterocycles. The molecule has 1 aromatic carbocycles. The molecule has 0 bridgehead atoms. The third kappa shape index (κ3) is 2.14. The molecule has 0 saturated carbocycles. The number of amides is 1. The maximum atomic E-state index is 11.7. The van der Waals surface area contributed by atoms with Gasteiger partial charge in [0.25, 0.3) is 5.91 Å². The Morgan fingerprint density at radius 3 is 2.94 bits per heavy atom. The molecular formula is C10H9ClN4O. The number of aromatic amines is 1.